The lowest BCUT2D eigenvalue weighted by atomic mass is 10.2. The third kappa shape index (κ3) is 3.25. The first kappa shape index (κ1) is 16.9. The highest BCUT2D eigenvalue weighted by Crippen LogP contribution is 2.35. The second kappa shape index (κ2) is 7.35. The fourth-order valence-electron chi connectivity index (χ4n) is 2.72. The predicted molar refractivity (Wildman–Crippen MR) is 107 cm³/mol. The van der Waals surface area contributed by atoms with Gasteiger partial charge in [0.2, 0.25) is 0 Å². The zero-order chi connectivity index (χ0) is 17.9. The van der Waals surface area contributed by atoms with Crippen molar-refractivity contribution in [2.75, 3.05) is 11.2 Å². The van der Waals surface area contributed by atoms with Crippen molar-refractivity contribution >= 4 is 44.4 Å². The minimum atomic E-state index is -0.191. The summed E-state index contributed by atoms with van der Waals surface area (Å²) in [6.07, 6.45) is 3.54. The average molecular weight is 380 g/mol. The van der Waals surface area contributed by atoms with E-state index in [-0.39, 0.29) is 5.91 Å². The molecule has 0 N–H and O–H groups in total. The summed E-state index contributed by atoms with van der Waals surface area (Å²) in [6, 6.07) is 19.4. The van der Waals surface area contributed by atoms with E-state index in [1.54, 1.807) is 28.8 Å². The first-order valence-corrected chi connectivity index (χ1v) is 10.1. The summed E-state index contributed by atoms with van der Waals surface area (Å²) in [5.41, 5.74) is 1.97. The van der Waals surface area contributed by atoms with Gasteiger partial charge in [0.05, 0.1) is 23.0 Å². The number of hydrogen-bond donors (Lipinski definition) is 0. The summed E-state index contributed by atoms with van der Waals surface area (Å²) < 4.78 is 6.40. The first-order valence-electron chi connectivity index (χ1n) is 8.09. The molecule has 2 aromatic heterocycles. The van der Waals surface area contributed by atoms with Gasteiger partial charge in [-0.05, 0) is 36.1 Å². The van der Waals surface area contributed by atoms with Crippen LogP contribution in [0.5, 0.6) is 0 Å². The maximum absolute atomic E-state index is 13.0. The summed E-state index contributed by atoms with van der Waals surface area (Å²) in [4.78, 5) is 20.6. The molecule has 0 bridgehead atoms. The molecule has 0 aliphatic heterocycles. The Morgan fingerprint density at radius 3 is 2.69 bits per heavy atom. The van der Waals surface area contributed by atoms with Crippen LogP contribution in [0, 0.1) is 0 Å². The van der Waals surface area contributed by atoms with Crippen molar-refractivity contribution in [2.24, 2.45) is 0 Å². The number of carbonyl (C=O) groups excluding carboxylic acids is 1. The number of thioether (sulfide) groups is 1. The van der Waals surface area contributed by atoms with Crippen LogP contribution in [0.1, 0.15) is 16.1 Å². The van der Waals surface area contributed by atoms with Crippen LogP contribution in [0.25, 0.3) is 10.2 Å². The van der Waals surface area contributed by atoms with E-state index in [4.69, 9.17) is 9.40 Å². The molecular formula is C20H16N2O2S2. The van der Waals surface area contributed by atoms with E-state index >= 15 is 0 Å². The number of nitrogens with zero attached hydrogens (tertiary/aromatic N) is 2. The number of para-hydroxylation sites is 1. The fourth-order valence-corrected chi connectivity index (χ4v) is 4.34. The van der Waals surface area contributed by atoms with Gasteiger partial charge in [0.15, 0.2) is 10.9 Å². The molecular weight excluding hydrogens is 364 g/mol. The average Bonchev–Trinajstić information content (AvgIpc) is 3.35. The van der Waals surface area contributed by atoms with Gasteiger partial charge < -0.3 is 4.42 Å². The van der Waals surface area contributed by atoms with E-state index in [1.165, 1.54) is 17.6 Å². The molecule has 26 heavy (non-hydrogen) atoms. The smallest absolute Gasteiger partial charge is 0.296 e. The minimum Gasteiger partial charge on any atom is -0.459 e. The van der Waals surface area contributed by atoms with E-state index in [0.29, 0.717) is 17.4 Å². The van der Waals surface area contributed by atoms with E-state index in [0.717, 1.165) is 20.7 Å². The largest absolute Gasteiger partial charge is 0.459 e. The highest BCUT2D eigenvalue weighted by atomic mass is 32.2. The Balaban J connectivity index is 1.78. The molecule has 0 unspecified atom stereocenters. The van der Waals surface area contributed by atoms with Gasteiger partial charge in [0.25, 0.3) is 5.91 Å². The maximum Gasteiger partial charge on any atom is 0.296 e. The zero-order valence-electron chi connectivity index (χ0n) is 14.1. The van der Waals surface area contributed by atoms with Gasteiger partial charge in [-0.25, -0.2) is 4.98 Å². The third-order valence-electron chi connectivity index (χ3n) is 3.98. The third-order valence-corrected chi connectivity index (χ3v) is 5.79. The summed E-state index contributed by atoms with van der Waals surface area (Å²) in [5, 5.41) is 0.673. The van der Waals surface area contributed by atoms with Crippen molar-refractivity contribution in [3.63, 3.8) is 0 Å². The summed E-state index contributed by atoms with van der Waals surface area (Å²) in [7, 11) is 0. The van der Waals surface area contributed by atoms with Crippen LogP contribution >= 0.6 is 23.1 Å². The monoisotopic (exact) mass is 380 g/mol. The number of carbonyl (C=O) groups is 1. The number of anilines is 1. The normalized spacial score (nSPS) is 11.0. The molecule has 0 spiro atoms. The molecule has 0 saturated carbocycles. The molecule has 0 fully saturated rings. The summed E-state index contributed by atoms with van der Waals surface area (Å²) >= 11 is 3.17. The quantitative estimate of drug-likeness (QED) is 0.431. The zero-order valence-corrected chi connectivity index (χ0v) is 15.7. The number of thiazole rings is 1. The fraction of sp³-hybridized carbons (Fsp3) is 0.100. The van der Waals surface area contributed by atoms with Gasteiger partial charge in [-0.3, -0.25) is 9.69 Å². The molecule has 1 amide bonds. The molecule has 2 aromatic carbocycles. The number of rotatable bonds is 5. The number of fused-ring (bicyclic) bond motifs is 1. The second-order valence-corrected chi connectivity index (χ2v) is 7.51. The van der Waals surface area contributed by atoms with E-state index in [1.807, 2.05) is 54.8 Å². The van der Waals surface area contributed by atoms with E-state index in [2.05, 4.69) is 0 Å². The van der Waals surface area contributed by atoms with Gasteiger partial charge in [0.1, 0.15) is 0 Å². The Bertz CT molecular complexity index is 1030. The molecule has 0 saturated heterocycles. The number of hydrogen-bond acceptors (Lipinski definition) is 5. The predicted octanol–water partition coefficient (Wildman–Crippen LogP) is 5.46. The highest BCUT2D eigenvalue weighted by molar-refractivity contribution is 7.98. The number of amides is 1. The van der Waals surface area contributed by atoms with Crippen molar-refractivity contribution in [1.82, 2.24) is 4.98 Å². The molecule has 4 nitrogen and oxygen atoms in total. The van der Waals surface area contributed by atoms with E-state index < -0.39 is 0 Å². The number of furan rings is 1. The van der Waals surface area contributed by atoms with Gasteiger partial charge in [-0.1, -0.05) is 47.7 Å². The molecule has 2 heterocycles. The van der Waals surface area contributed by atoms with Gasteiger partial charge in [-0.2, -0.15) is 0 Å². The number of benzene rings is 2. The highest BCUT2D eigenvalue weighted by Gasteiger charge is 2.24. The maximum atomic E-state index is 13.0. The lowest BCUT2D eigenvalue weighted by molar-refractivity contribution is 0.0958. The van der Waals surface area contributed by atoms with Gasteiger partial charge in [-0.15, -0.1) is 11.8 Å². The van der Waals surface area contributed by atoms with Crippen molar-refractivity contribution in [1.29, 1.82) is 0 Å². The minimum absolute atomic E-state index is 0.191. The molecule has 0 atom stereocenters. The van der Waals surface area contributed by atoms with Crippen molar-refractivity contribution in [3.8, 4) is 0 Å². The Hall–Kier alpha value is -2.57. The summed E-state index contributed by atoms with van der Waals surface area (Å²) in [6.45, 7) is 0.439. The molecule has 6 heteroatoms. The Morgan fingerprint density at radius 1 is 1.12 bits per heavy atom. The Morgan fingerprint density at radius 2 is 1.96 bits per heavy atom. The van der Waals surface area contributed by atoms with Crippen LogP contribution in [0.15, 0.2) is 76.2 Å². The Kier molecular flexibility index (Phi) is 4.77. The lowest BCUT2D eigenvalue weighted by Crippen LogP contribution is -2.30. The molecule has 0 aliphatic rings. The van der Waals surface area contributed by atoms with Crippen LogP contribution < -0.4 is 4.90 Å². The van der Waals surface area contributed by atoms with Crippen molar-refractivity contribution < 1.29 is 9.21 Å². The summed E-state index contributed by atoms with van der Waals surface area (Å²) in [5.74, 6) is 0.119. The van der Waals surface area contributed by atoms with Crippen LogP contribution in [0.2, 0.25) is 0 Å². The Labute approximate surface area is 159 Å². The SMILES string of the molecule is CSc1cccc2sc(N(Cc3ccccc3)C(=O)c3ccco3)nc12. The standard InChI is InChI=1S/C20H16N2O2S2/c1-25-16-10-5-11-17-18(16)21-20(26-17)22(13-14-7-3-2-4-8-14)19(23)15-9-6-12-24-15/h2-12H,13H2,1H3. The first-order chi connectivity index (χ1) is 12.8. The molecule has 4 aromatic rings. The lowest BCUT2D eigenvalue weighted by Gasteiger charge is -2.18. The van der Waals surface area contributed by atoms with Crippen molar-refractivity contribution in [2.45, 2.75) is 11.4 Å². The van der Waals surface area contributed by atoms with Gasteiger partial charge >= 0.3 is 0 Å². The van der Waals surface area contributed by atoms with Crippen molar-refractivity contribution in [3.05, 3.63) is 78.3 Å². The van der Waals surface area contributed by atoms with Crippen LogP contribution in [0.3, 0.4) is 0 Å². The molecule has 130 valence electrons. The van der Waals surface area contributed by atoms with Crippen LogP contribution in [0.4, 0.5) is 5.13 Å². The molecule has 0 radical (unpaired) electrons. The van der Waals surface area contributed by atoms with E-state index in [9.17, 15) is 4.79 Å². The topological polar surface area (TPSA) is 46.3 Å². The molecule has 0 aliphatic carbocycles. The van der Waals surface area contributed by atoms with Crippen LogP contribution in [-0.2, 0) is 6.54 Å². The number of aromatic nitrogens is 1. The van der Waals surface area contributed by atoms with Gasteiger partial charge in [0, 0.05) is 4.90 Å². The second-order valence-electron chi connectivity index (χ2n) is 5.66. The molecule has 4 rings (SSSR count). The van der Waals surface area contributed by atoms with Crippen LogP contribution in [-0.4, -0.2) is 17.1 Å².